The number of hydrogen-bond donors (Lipinski definition) is 3. The number of anilines is 1. The monoisotopic (exact) mass is 454 g/mol. The third-order valence-corrected chi connectivity index (χ3v) is 5.03. The SMILES string of the molecule is O=C(NC(=NCCc1cnc[nH]1)Nc1ccc(-c2ccccc2)cc1)c1ccc([N+](=O)[O-])cc1. The highest BCUT2D eigenvalue weighted by Crippen LogP contribution is 2.21. The first-order valence-electron chi connectivity index (χ1n) is 10.6. The summed E-state index contributed by atoms with van der Waals surface area (Å²) >= 11 is 0. The van der Waals surface area contributed by atoms with Crippen molar-refractivity contribution in [2.75, 3.05) is 11.9 Å². The number of nitro benzene ring substituents is 1. The van der Waals surface area contributed by atoms with Crippen LogP contribution in [0, 0.1) is 10.1 Å². The molecule has 0 atom stereocenters. The maximum absolute atomic E-state index is 12.7. The number of guanidine groups is 1. The van der Waals surface area contributed by atoms with Gasteiger partial charge in [-0.25, -0.2) is 4.98 Å². The summed E-state index contributed by atoms with van der Waals surface area (Å²) in [7, 11) is 0. The molecule has 0 spiro atoms. The molecule has 0 aliphatic heterocycles. The standard InChI is InChI=1S/C25H22N6O3/c32-24(20-8-12-23(13-9-20)31(33)34)30-25(27-15-14-22-16-26-17-28-22)29-21-10-6-19(7-11-21)18-4-2-1-3-5-18/h1-13,16-17H,14-15H2,(H,26,28)(H2,27,29,30,32). The van der Waals surface area contributed by atoms with Gasteiger partial charge in [0, 0.05) is 48.2 Å². The molecule has 3 aromatic carbocycles. The van der Waals surface area contributed by atoms with Gasteiger partial charge in [0.1, 0.15) is 0 Å². The number of benzene rings is 3. The number of aromatic amines is 1. The molecule has 170 valence electrons. The molecular weight excluding hydrogens is 432 g/mol. The van der Waals surface area contributed by atoms with Gasteiger partial charge in [0.15, 0.2) is 0 Å². The molecule has 1 amide bonds. The van der Waals surface area contributed by atoms with E-state index in [1.54, 1.807) is 12.5 Å². The molecule has 1 aromatic heterocycles. The van der Waals surface area contributed by atoms with Crippen molar-refractivity contribution >= 4 is 23.2 Å². The molecule has 0 bridgehead atoms. The Morgan fingerprint density at radius 1 is 0.971 bits per heavy atom. The summed E-state index contributed by atoms with van der Waals surface area (Å²) in [6.07, 6.45) is 3.94. The first-order chi connectivity index (χ1) is 16.6. The minimum atomic E-state index is -0.509. The minimum Gasteiger partial charge on any atom is -0.348 e. The van der Waals surface area contributed by atoms with Crippen LogP contribution in [-0.4, -0.2) is 33.3 Å². The van der Waals surface area contributed by atoms with Gasteiger partial charge in [-0.05, 0) is 35.4 Å². The van der Waals surface area contributed by atoms with Gasteiger partial charge in [0.25, 0.3) is 11.6 Å². The Balaban J connectivity index is 1.49. The van der Waals surface area contributed by atoms with E-state index in [-0.39, 0.29) is 17.2 Å². The van der Waals surface area contributed by atoms with E-state index in [1.165, 1.54) is 24.3 Å². The number of carbonyl (C=O) groups excluding carboxylic acids is 1. The zero-order valence-corrected chi connectivity index (χ0v) is 18.1. The molecule has 34 heavy (non-hydrogen) atoms. The molecule has 4 aromatic rings. The second kappa shape index (κ2) is 10.7. The van der Waals surface area contributed by atoms with E-state index in [1.807, 2.05) is 54.6 Å². The quantitative estimate of drug-likeness (QED) is 0.165. The van der Waals surface area contributed by atoms with Crippen LogP contribution in [0.2, 0.25) is 0 Å². The number of carbonyl (C=O) groups is 1. The Bertz CT molecular complexity index is 1270. The largest absolute Gasteiger partial charge is 0.348 e. The minimum absolute atomic E-state index is 0.0818. The predicted octanol–water partition coefficient (Wildman–Crippen LogP) is 4.43. The van der Waals surface area contributed by atoms with Crippen LogP contribution in [0.1, 0.15) is 16.1 Å². The molecule has 3 N–H and O–H groups in total. The lowest BCUT2D eigenvalue weighted by molar-refractivity contribution is -0.384. The highest BCUT2D eigenvalue weighted by molar-refractivity contribution is 6.10. The highest BCUT2D eigenvalue weighted by atomic mass is 16.6. The Hall–Kier alpha value is -4.79. The van der Waals surface area contributed by atoms with Gasteiger partial charge >= 0.3 is 0 Å². The molecule has 0 radical (unpaired) electrons. The summed E-state index contributed by atoms with van der Waals surface area (Å²) in [5, 5.41) is 16.8. The smallest absolute Gasteiger partial charge is 0.269 e. The number of nitro groups is 1. The van der Waals surface area contributed by atoms with Crippen LogP contribution < -0.4 is 10.6 Å². The van der Waals surface area contributed by atoms with Crippen molar-refractivity contribution in [1.82, 2.24) is 15.3 Å². The van der Waals surface area contributed by atoms with Gasteiger partial charge in [-0.3, -0.25) is 25.2 Å². The number of nitrogens with one attached hydrogen (secondary N) is 3. The topological polar surface area (TPSA) is 125 Å². The van der Waals surface area contributed by atoms with Crippen molar-refractivity contribution < 1.29 is 9.72 Å². The number of aromatic nitrogens is 2. The number of hydrogen-bond acceptors (Lipinski definition) is 5. The zero-order chi connectivity index (χ0) is 23.8. The van der Waals surface area contributed by atoms with Crippen LogP contribution in [0.5, 0.6) is 0 Å². The molecular formula is C25H22N6O3. The van der Waals surface area contributed by atoms with E-state index in [4.69, 9.17) is 0 Å². The highest BCUT2D eigenvalue weighted by Gasteiger charge is 2.12. The molecule has 0 fully saturated rings. The van der Waals surface area contributed by atoms with Crippen LogP contribution in [0.15, 0.2) is 96.4 Å². The van der Waals surface area contributed by atoms with Crippen LogP contribution in [0.3, 0.4) is 0 Å². The Kier molecular flexibility index (Phi) is 7.04. The van der Waals surface area contributed by atoms with Crippen molar-refractivity contribution in [1.29, 1.82) is 0 Å². The molecule has 9 nitrogen and oxygen atoms in total. The van der Waals surface area contributed by atoms with Gasteiger partial charge in [0.05, 0.1) is 11.3 Å². The number of imidazole rings is 1. The zero-order valence-electron chi connectivity index (χ0n) is 18.1. The predicted molar refractivity (Wildman–Crippen MR) is 131 cm³/mol. The second-order valence-electron chi connectivity index (χ2n) is 7.38. The lowest BCUT2D eigenvalue weighted by Crippen LogP contribution is -2.36. The molecule has 0 saturated heterocycles. The first kappa shape index (κ1) is 22.4. The fraction of sp³-hybridized carbons (Fsp3) is 0.0800. The van der Waals surface area contributed by atoms with Gasteiger partial charge < -0.3 is 10.3 Å². The summed E-state index contributed by atoms with van der Waals surface area (Å²) in [6, 6.07) is 23.2. The molecule has 4 rings (SSSR count). The summed E-state index contributed by atoms with van der Waals surface area (Å²) < 4.78 is 0. The van der Waals surface area contributed by atoms with Gasteiger partial charge in [0.2, 0.25) is 5.96 Å². The first-order valence-corrected chi connectivity index (χ1v) is 10.6. The van der Waals surface area contributed by atoms with Gasteiger partial charge in [-0.15, -0.1) is 0 Å². The van der Waals surface area contributed by atoms with Crippen LogP contribution in [0.25, 0.3) is 11.1 Å². The van der Waals surface area contributed by atoms with Crippen LogP contribution in [-0.2, 0) is 6.42 Å². The molecule has 0 aliphatic carbocycles. The van der Waals surface area contributed by atoms with Crippen molar-refractivity contribution in [2.45, 2.75) is 6.42 Å². The Morgan fingerprint density at radius 2 is 1.68 bits per heavy atom. The molecule has 0 unspecified atom stereocenters. The summed E-state index contributed by atoms with van der Waals surface area (Å²) in [5.41, 5.74) is 4.06. The average Bonchev–Trinajstić information content (AvgIpc) is 3.38. The summed E-state index contributed by atoms with van der Waals surface area (Å²) in [5.74, 6) is -0.154. The molecule has 1 heterocycles. The summed E-state index contributed by atoms with van der Waals surface area (Å²) in [6.45, 7) is 0.410. The lowest BCUT2D eigenvalue weighted by Gasteiger charge is -2.12. The summed E-state index contributed by atoms with van der Waals surface area (Å²) in [4.78, 5) is 34.6. The van der Waals surface area contributed by atoms with Crippen molar-refractivity contribution in [3.05, 3.63) is 113 Å². The van der Waals surface area contributed by atoms with Crippen molar-refractivity contribution in [3.63, 3.8) is 0 Å². The Morgan fingerprint density at radius 3 is 2.32 bits per heavy atom. The third kappa shape index (κ3) is 5.92. The average molecular weight is 454 g/mol. The fourth-order valence-electron chi connectivity index (χ4n) is 3.25. The number of aliphatic imine (C=N–C) groups is 1. The number of non-ortho nitro benzene ring substituents is 1. The maximum atomic E-state index is 12.7. The van der Waals surface area contributed by atoms with Gasteiger partial charge in [-0.2, -0.15) is 0 Å². The second-order valence-corrected chi connectivity index (χ2v) is 7.38. The van der Waals surface area contributed by atoms with Crippen molar-refractivity contribution in [3.8, 4) is 11.1 Å². The molecule has 9 heteroatoms. The van der Waals surface area contributed by atoms with Gasteiger partial charge in [-0.1, -0.05) is 42.5 Å². The van der Waals surface area contributed by atoms with Crippen LogP contribution in [0.4, 0.5) is 11.4 Å². The molecule has 0 aliphatic rings. The van der Waals surface area contributed by atoms with E-state index in [9.17, 15) is 14.9 Å². The fourth-order valence-corrected chi connectivity index (χ4v) is 3.25. The van der Waals surface area contributed by atoms with E-state index in [2.05, 4.69) is 25.6 Å². The number of amides is 1. The normalized spacial score (nSPS) is 11.1. The third-order valence-electron chi connectivity index (χ3n) is 5.03. The van der Waals surface area contributed by atoms with E-state index in [0.717, 1.165) is 22.5 Å². The Labute approximate surface area is 195 Å². The molecule has 0 saturated carbocycles. The number of H-pyrrole nitrogens is 1. The van der Waals surface area contributed by atoms with E-state index >= 15 is 0 Å². The van der Waals surface area contributed by atoms with E-state index < -0.39 is 10.8 Å². The van der Waals surface area contributed by atoms with Crippen molar-refractivity contribution in [2.24, 2.45) is 4.99 Å². The number of rotatable bonds is 7. The van der Waals surface area contributed by atoms with E-state index in [0.29, 0.717) is 13.0 Å². The van der Waals surface area contributed by atoms with Crippen LogP contribution >= 0.6 is 0 Å². The number of nitrogens with zero attached hydrogens (tertiary/aromatic N) is 3. The maximum Gasteiger partial charge on any atom is 0.269 e. The lowest BCUT2D eigenvalue weighted by atomic mass is 10.1.